The molecule has 62 heavy (non-hydrogen) atoms. The minimum absolute atomic E-state index is 0.0233. The fourth-order valence-corrected chi connectivity index (χ4v) is 8.48. The number of unbranched alkanes of at least 4 members (excludes halogenated alkanes) is 36. The van der Waals surface area contributed by atoms with Crippen molar-refractivity contribution in [1.82, 2.24) is 5.32 Å². The summed E-state index contributed by atoms with van der Waals surface area (Å²) in [7, 11) is 0. The molecule has 0 bridgehead atoms. The SMILES string of the molecule is CCCC/C=C\C/C=C\CCCCCCCC(=O)OCCCCCCCCCCCCCCC(=O)NC(CO)C(O)CCCCCCCCCCCCCCCCCCCCC. The molecule has 0 rings (SSSR count). The van der Waals surface area contributed by atoms with Crippen molar-refractivity contribution >= 4 is 11.9 Å². The van der Waals surface area contributed by atoms with Gasteiger partial charge in [0.2, 0.25) is 5.91 Å². The van der Waals surface area contributed by atoms with Gasteiger partial charge in [-0.3, -0.25) is 9.59 Å². The van der Waals surface area contributed by atoms with Crippen molar-refractivity contribution in [2.24, 2.45) is 0 Å². The van der Waals surface area contributed by atoms with Crippen molar-refractivity contribution in [2.75, 3.05) is 13.2 Å². The summed E-state index contributed by atoms with van der Waals surface area (Å²) in [6.45, 7) is 4.88. The monoisotopic (exact) mass is 874 g/mol. The molecule has 0 radical (unpaired) electrons. The maximum absolute atomic E-state index is 12.5. The average molecular weight is 874 g/mol. The maximum Gasteiger partial charge on any atom is 0.305 e. The van der Waals surface area contributed by atoms with E-state index < -0.39 is 12.1 Å². The molecule has 0 aliphatic rings. The topological polar surface area (TPSA) is 95.9 Å². The Kier molecular flexibility index (Phi) is 50.6. The molecule has 0 saturated carbocycles. The molecular formula is C56H107NO5. The van der Waals surface area contributed by atoms with Crippen LogP contribution in [-0.4, -0.2) is 47.4 Å². The lowest BCUT2D eigenvalue weighted by atomic mass is 10.0. The van der Waals surface area contributed by atoms with Gasteiger partial charge in [-0.05, 0) is 51.4 Å². The van der Waals surface area contributed by atoms with E-state index in [1.807, 2.05) is 0 Å². The van der Waals surface area contributed by atoms with Gasteiger partial charge < -0.3 is 20.3 Å². The minimum atomic E-state index is -0.676. The Labute approximate surface area is 386 Å². The molecular weight excluding hydrogens is 767 g/mol. The molecule has 0 aliphatic carbocycles. The summed E-state index contributed by atoms with van der Waals surface area (Å²) in [5.41, 5.74) is 0. The van der Waals surface area contributed by atoms with Crippen molar-refractivity contribution in [1.29, 1.82) is 0 Å². The largest absolute Gasteiger partial charge is 0.466 e. The molecule has 6 heteroatoms. The van der Waals surface area contributed by atoms with Crippen LogP contribution in [0.1, 0.15) is 296 Å². The average Bonchev–Trinajstić information content (AvgIpc) is 3.27. The van der Waals surface area contributed by atoms with E-state index in [0.29, 0.717) is 25.9 Å². The molecule has 1 amide bonds. The van der Waals surface area contributed by atoms with Crippen LogP contribution in [0.4, 0.5) is 0 Å². The predicted molar refractivity (Wildman–Crippen MR) is 269 cm³/mol. The van der Waals surface area contributed by atoms with Gasteiger partial charge in [-0.1, -0.05) is 256 Å². The van der Waals surface area contributed by atoms with E-state index in [4.69, 9.17) is 4.74 Å². The summed E-state index contributed by atoms with van der Waals surface area (Å²) >= 11 is 0. The van der Waals surface area contributed by atoms with Gasteiger partial charge in [-0.25, -0.2) is 0 Å². The van der Waals surface area contributed by atoms with Gasteiger partial charge in [-0.15, -0.1) is 0 Å². The van der Waals surface area contributed by atoms with Crippen molar-refractivity contribution in [3.8, 4) is 0 Å². The fourth-order valence-electron chi connectivity index (χ4n) is 8.48. The number of aliphatic hydroxyl groups excluding tert-OH is 2. The van der Waals surface area contributed by atoms with Crippen LogP contribution in [0.3, 0.4) is 0 Å². The van der Waals surface area contributed by atoms with Gasteiger partial charge in [0.05, 0.1) is 25.4 Å². The Morgan fingerprint density at radius 1 is 0.452 bits per heavy atom. The molecule has 3 N–H and O–H groups in total. The highest BCUT2D eigenvalue weighted by Gasteiger charge is 2.20. The number of allylic oxidation sites excluding steroid dienone is 4. The van der Waals surface area contributed by atoms with Gasteiger partial charge in [0.1, 0.15) is 0 Å². The van der Waals surface area contributed by atoms with Crippen LogP contribution in [0, 0.1) is 0 Å². The number of ether oxygens (including phenoxy) is 1. The van der Waals surface area contributed by atoms with E-state index >= 15 is 0 Å². The number of hydrogen-bond donors (Lipinski definition) is 3. The van der Waals surface area contributed by atoms with Crippen LogP contribution in [0.25, 0.3) is 0 Å². The zero-order chi connectivity index (χ0) is 45.1. The number of hydrogen-bond acceptors (Lipinski definition) is 5. The molecule has 2 unspecified atom stereocenters. The summed E-state index contributed by atoms with van der Waals surface area (Å²) in [5.74, 6) is -0.0727. The van der Waals surface area contributed by atoms with E-state index in [1.54, 1.807) is 0 Å². The van der Waals surface area contributed by atoms with E-state index in [0.717, 1.165) is 70.6 Å². The Morgan fingerprint density at radius 3 is 1.27 bits per heavy atom. The van der Waals surface area contributed by atoms with Crippen LogP contribution in [-0.2, 0) is 14.3 Å². The van der Waals surface area contributed by atoms with Crippen molar-refractivity contribution in [2.45, 2.75) is 309 Å². The van der Waals surface area contributed by atoms with E-state index in [9.17, 15) is 19.8 Å². The van der Waals surface area contributed by atoms with E-state index in [-0.39, 0.29) is 18.5 Å². The second kappa shape index (κ2) is 52.0. The highest BCUT2D eigenvalue weighted by molar-refractivity contribution is 5.76. The van der Waals surface area contributed by atoms with E-state index in [1.165, 1.54) is 193 Å². The fraction of sp³-hybridized carbons (Fsp3) is 0.893. The van der Waals surface area contributed by atoms with Gasteiger partial charge in [0.15, 0.2) is 0 Å². The summed E-state index contributed by atoms with van der Waals surface area (Å²) < 4.78 is 5.45. The molecule has 0 heterocycles. The Morgan fingerprint density at radius 2 is 0.823 bits per heavy atom. The van der Waals surface area contributed by atoms with E-state index in [2.05, 4.69) is 43.5 Å². The second-order valence-corrected chi connectivity index (χ2v) is 18.9. The summed E-state index contributed by atoms with van der Waals surface area (Å²) in [6, 6.07) is -0.554. The number of rotatable bonds is 51. The van der Waals surface area contributed by atoms with Crippen LogP contribution < -0.4 is 5.32 Å². The van der Waals surface area contributed by atoms with Crippen LogP contribution in [0.15, 0.2) is 24.3 Å². The molecule has 0 fully saturated rings. The number of nitrogens with one attached hydrogen (secondary N) is 1. The molecule has 6 nitrogen and oxygen atoms in total. The Balaban J connectivity index is 3.47. The van der Waals surface area contributed by atoms with Gasteiger partial charge >= 0.3 is 5.97 Å². The predicted octanol–water partition coefficient (Wildman–Crippen LogP) is 16.7. The van der Waals surface area contributed by atoms with Gasteiger partial charge in [-0.2, -0.15) is 0 Å². The first-order chi connectivity index (χ1) is 30.5. The zero-order valence-electron chi connectivity index (χ0n) is 41.6. The lowest BCUT2D eigenvalue weighted by molar-refractivity contribution is -0.143. The standard InChI is InChI=1S/C56H107NO5/c1-3-5-7-9-11-13-15-17-19-20-21-22-23-24-28-32-36-40-44-48-54(59)53(52-58)57-55(60)49-45-41-37-33-29-26-27-31-35-39-43-47-51-62-56(61)50-46-42-38-34-30-25-18-16-14-12-10-8-6-4-2/h10,12,16,18,53-54,58-59H,3-9,11,13-15,17,19-52H2,1-2H3,(H,57,60)/b12-10-,18-16-. The van der Waals surface area contributed by atoms with Crippen LogP contribution in [0.2, 0.25) is 0 Å². The van der Waals surface area contributed by atoms with Crippen molar-refractivity contribution in [3.05, 3.63) is 24.3 Å². The number of aliphatic hydroxyl groups is 2. The molecule has 2 atom stereocenters. The van der Waals surface area contributed by atoms with Crippen LogP contribution in [0.5, 0.6) is 0 Å². The van der Waals surface area contributed by atoms with Gasteiger partial charge in [0.25, 0.3) is 0 Å². The summed E-state index contributed by atoms with van der Waals surface area (Å²) in [5, 5.41) is 23.3. The summed E-state index contributed by atoms with van der Waals surface area (Å²) in [6.07, 6.45) is 61.5. The Hall–Kier alpha value is -1.66. The number of carbonyl (C=O) groups excluding carboxylic acids is 2. The molecule has 0 aliphatic heterocycles. The summed E-state index contributed by atoms with van der Waals surface area (Å²) in [4.78, 5) is 24.5. The van der Waals surface area contributed by atoms with Crippen LogP contribution >= 0.6 is 0 Å². The number of amides is 1. The maximum atomic E-state index is 12.5. The molecule has 0 aromatic heterocycles. The third-order valence-electron chi connectivity index (χ3n) is 12.8. The second-order valence-electron chi connectivity index (χ2n) is 18.9. The van der Waals surface area contributed by atoms with Crippen molar-refractivity contribution in [3.63, 3.8) is 0 Å². The van der Waals surface area contributed by atoms with Gasteiger partial charge in [0, 0.05) is 12.8 Å². The highest BCUT2D eigenvalue weighted by Crippen LogP contribution is 2.17. The van der Waals surface area contributed by atoms with Crippen molar-refractivity contribution < 1.29 is 24.5 Å². The molecule has 0 spiro atoms. The first-order valence-electron chi connectivity index (χ1n) is 27.6. The Bertz CT molecular complexity index is 966. The molecule has 0 aromatic rings. The zero-order valence-corrected chi connectivity index (χ0v) is 41.6. The first kappa shape index (κ1) is 60.3. The molecule has 0 aromatic carbocycles. The lowest BCUT2D eigenvalue weighted by Gasteiger charge is -2.22. The molecule has 366 valence electrons. The smallest absolute Gasteiger partial charge is 0.305 e. The minimum Gasteiger partial charge on any atom is -0.466 e. The molecule has 0 saturated heterocycles. The third kappa shape index (κ3) is 47.8. The quantitative estimate of drug-likeness (QED) is 0.0321. The normalized spacial score (nSPS) is 12.8. The number of carbonyl (C=O) groups is 2. The third-order valence-corrected chi connectivity index (χ3v) is 12.8. The highest BCUT2D eigenvalue weighted by atomic mass is 16.5. The first-order valence-corrected chi connectivity index (χ1v) is 27.6. The number of esters is 1. The lowest BCUT2D eigenvalue weighted by Crippen LogP contribution is -2.45.